The lowest BCUT2D eigenvalue weighted by atomic mass is 10.1. The summed E-state index contributed by atoms with van der Waals surface area (Å²) in [6.07, 6.45) is 7.10. The summed E-state index contributed by atoms with van der Waals surface area (Å²) in [6.45, 7) is 3.59. The van der Waals surface area contributed by atoms with Gasteiger partial charge in [-0.15, -0.1) is 0 Å². The fourth-order valence-corrected chi connectivity index (χ4v) is 1.95. The van der Waals surface area contributed by atoms with Gasteiger partial charge in [-0.3, -0.25) is 4.79 Å². The van der Waals surface area contributed by atoms with Gasteiger partial charge in [0, 0.05) is 11.4 Å². The molecule has 0 saturated carbocycles. The van der Waals surface area contributed by atoms with Crippen LogP contribution in [0.4, 0.5) is 0 Å². The van der Waals surface area contributed by atoms with Crippen LogP contribution in [0.5, 0.6) is 0 Å². The SMILES string of the molecule is CCCCCCC/C(Br)=C(\Br)OC(C)=O. The summed E-state index contributed by atoms with van der Waals surface area (Å²) in [7, 11) is 0. The van der Waals surface area contributed by atoms with Crippen LogP contribution in [0.15, 0.2) is 9.15 Å². The van der Waals surface area contributed by atoms with Crippen LogP contribution in [0.25, 0.3) is 0 Å². The maximum Gasteiger partial charge on any atom is 0.308 e. The molecule has 0 aliphatic carbocycles. The lowest BCUT2D eigenvalue weighted by Crippen LogP contribution is -1.95. The predicted molar refractivity (Wildman–Crippen MR) is 70.0 cm³/mol. The van der Waals surface area contributed by atoms with Crippen molar-refractivity contribution < 1.29 is 9.53 Å². The summed E-state index contributed by atoms with van der Waals surface area (Å²) in [5.41, 5.74) is 0. The molecule has 15 heavy (non-hydrogen) atoms. The minimum absolute atomic E-state index is 0.301. The fourth-order valence-electron chi connectivity index (χ4n) is 1.16. The average molecular weight is 342 g/mol. The van der Waals surface area contributed by atoms with Crippen molar-refractivity contribution in [3.63, 3.8) is 0 Å². The number of unbranched alkanes of at least 4 members (excludes halogenated alkanes) is 4. The number of rotatable bonds is 7. The number of esters is 1. The molecule has 4 heteroatoms. The molecule has 0 aromatic carbocycles. The first-order chi connectivity index (χ1) is 7.07. The molecule has 0 unspecified atom stereocenters. The second kappa shape index (κ2) is 9.40. The Morgan fingerprint density at radius 2 is 1.73 bits per heavy atom. The van der Waals surface area contributed by atoms with Gasteiger partial charge in [-0.2, -0.15) is 0 Å². The van der Waals surface area contributed by atoms with Gasteiger partial charge in [-0.25, -0.2) is 0 Å². The Bertz CT molecular complexity index is 225. The standard InChI is InChI=1S/C11H18Br2O2/c1-3-4-5-6-7-8-10(12)11(13)15-9(2)14/h3-8H2,1-2H3/b11-10-. The van der Waals surface area contributed by atoms with E-state index in [0.29, 0.717) is 4.67 Å². The number of hydrogen-bond donors (Lipinski definition) is 0. The molecule has 0 N–H and O–H groups in total. The Balaban J connectivity index is 3.70. The Morgan fingerprint density at radius 1 is 1.13 bits per heavy atom. The van der Waals surface area contributed by atoms with Gasteiger partial charge in [-0.05, 0) is 28.8 Å². The summed E-state index contributed by atoms with van der Waals surface area (Å²) < 4.78 is 6.33. The minimum atomic E-state index is -0.301. The van der Waals surface area contributed by atoms with E-state index in [0.717, 1.165) is 17.3 Å². The van der Waals surface area contributed by atoms with Crippen LogP contribution in [0.2, 0.25) is 0 Å². The highest BCUT2D eigenvalue weighted by atomic mass is 79.9. The lowest BCUT2D eigenvalue weighted by Gasteiger charge is -2.04. The highest BCUT2D eigenvalue weighted by molar-refractivity contribution is 9.14. The van der Waals surface area contributed by atoms with Crippen molar-refractivity contribution >= 4 is 37.8 Å². The molecule has 0 fully saturated rings. The summed E-state index contributed by atoms with van der Waals surface area (Å²) in [4.78, 5) is 10.7. The van der Waals surface area contributed by atoms with E-state index in [1.807, 2.05) is 0 Å². The lowest BCUT2D eigenvalue weighted by molar-refractivity contribution is -0.135. The van der Waals surface area contributed by atoms with E-state index in [-0.39, 0.29) is 5.97 Å². The van der Waals surface area contributed by atoms with E-state index in [4.69, 9.17) is 4.74 Å². The largest absolute Gasteiger partial charge is 0.418 e. The molecule has 2 nitrogen and oxygen atoms in total. The Morgan fingerprint density at radius 3 is 2.27 bits per heavy atom. The molecule has 0 rings (SSSR count). The normalized spacial score (nSPS) is 12.3. The maximum atomic E-state index is 10.7. The van der Waals surface area contributed by atoms with E-state index in [9.17, 15) is 4.79 Å². The molecule has 0 saturated heterocycles. The van der Waals surface area contributed by atoms with Gasteiger partial charge < -0.3 is 4.74 Å². The molecule has 0 atom stereocenters. The zero-order chi connectivity index (χ0) is 11.7. The third-order valence-corrected chi connectivity index (χ3v) is 3.88. The molecule has 0 bridgehead atoms. The van der Waals surface area contributed by atoms with Crippen LogP contribution in [0.3, 0.4) is 0 Å². The second-order valence-electron chi connectivity index (χ2n) is 3.44. The number of ether oxygens (including phenoxy) is 1. The first-order valence-corrected chi connectivity index (χ1v) is 6.89. The summed E-state index contributed by atoms with van der Waals surface area (Å²) in [6, 6.07) is 0. The number of carbonyl (C=O) groups is 1. The van der Waals surface area contributed by atoms with E-state index in [1.165, 1.54) is 32.6 Å². The molecule has 0 aromatic heterocycles. The van der Waals surface area contributed by atoms with Crippen LogP contribution < -0.4 is 0 Å². The van der Waals surface area contributed by atoms with Gasteiger partial charge in [0.15, 0.2) is 4.67 Å². The molecule has 0 radical (unpaired) electrons. The van der Waals surface area contributed by atoms with Gasteiger partial charge in [0.25, 0.3) is 0 Å². The van der Waals surface area contributed by atoms with Gasteiger partial charge >= 0.3 is 5.97 Å². The van der Waals surface area contributed by atoms with Gasteiger partial charge in [0.05, 0.1) is 0 Å². The van der Waals surface area contributed by atoms with Crippen molar-refractivity contribution in [2.45, 2.75) is 52.4 Å². The summed E-state index contributed by atoms with van der Waals surface area (Å²) >= 11 is 6.61. The average Bonchev–Trinajstić information content (AvgIpc) is 2.16. The topological polar surface area (TPSA) is 26.3 Å². The highest BCUT2D eigenvalue weighted by Gasteiger charge is 2.04. The van der Waals surface area contributed by atoms with E-state index in [1.54, 1.807) is 0 Å². The highest BCUT2D eigenvalue weighted by Crippen LogP contribution is 2.24. The predicted octanol–water partition coefficient (Wildman–Crippen LogP) is 4.87. The van der Waals surface area contributed by atoms with Gasteiger partial charge in [-0.1, -0.05) is 48.5 Å². The Kier molecular flexibility index (Phi) is 9.51. The van der Waals surface area contributed by atoms with Crippen molar-refractivity contribution in [3.8, 4) is 0 Å². The number of halogens is 2. The second-order valence-corrected chi connectivity index (χ2v) is 5.11. The zero-order valence-electron chi connectivity index (χ0n) is 9.32. The smallest absolute Gasteiger partial charge is 0.308 e. The van der Waals surface area contributed by atoms with Crippen LogP contribution in [-0.4, -0.2) is 5.97 Å². The van der Waals surface area contributed by atoms with E-state index >= 15 is 0 Å². The fraction of sp³-hybridized carbons (Fsp3) is 0.727. The molecule has 0 spiro atoms. The first-order valence-electron chi connectivity index (χ1n) is 5.30. The van der Waals surface area contributed by atoms with E-state index in [2.05, 4.69) is 38.8 Å². The van der Waals surface area contributed by atoms with Crippen LogP contribution in [-0.2, 0) is 9.53 Å². The monoisotopic (exact) mass is 340 g/mol. The quantitative estimate of drug-likeness (QED) is 0.375. The van der Waals surface area contributed by atoms with Crippen molar-refractivity contribution in [2.75, 3.05) is 0 Å². The molecule has 0 amide bonds. The van der Waals surface area contributed by atoms with Crippen molar-refractivity contribution in [1.82, 2.24) is 0 Å². The van der Waals surface area contributed by atoms with E-state index < -0.39 is 0 Å². The van der Waals surface area contributed by atoms with Crippen LogP contribution >= 0.6 is 31.9 Å². The molecule has 0 aliphatic rings. The zero-order valence-corrected chi connectivity index (χ0v) is 12.5. The Labute approximate surface area is 109 Å². The molecule has 0 aromatic rings. The number of hydrogen-bond acceptors (Lipinski definition) is 2. The molecular formula is C11H18Br2O2. The summed E-state index contributed by atoms with van der Waals surface area (Å²) in [5.74, 6) is -0.301. The number of allylic oxidation sites excluding steroid dienone is 1. The van der Waals surface area contributed by atoms with Gasteiger partial charge in [0.1, 0.15) is 0 Å². The van der Waals surface area contributed by atoms with Crippen molar-refractivity contribution in [3.05, 3.63) is 9.15 Å². The van der Waals surface area contributed by atoms with Crippen molar-refractivity contribution in [1.29, 1.82) is 0 Å². The summed E-state index contributed by atoms with van der Waals surface area (Å²) in [5, 5.41) is 0. The maximum absolute atomic E-state index is 10.7. The third-order valence-electron chi connectivity index (χ3n) is 1.95. The van der Waals surface area contributed by atoms with Crippen LogP contribution in [0.1, 0.15) is 52.4 Å². The molecule has 0 aliphatic heterocycles. The molecule has 88 valence electrons. The van der Waals surface area contributed by atoms with Gasteiger partial charge in [0.2, 0.25) is 0 Å². The Hall–Kier alpha value is 0.170. The number of carbonyl (C=O) groups excluding carboxylic acids is 1. The first kappa shape index (κ1) is 15.2. The molecule has 0 heterocycles. The minimum Gasteiger partial charge on any atom is -0.418 e. The van der Waals surface area contributed by atoms with Crippen LogP contribution in [0, 0.1) is 0 Å². The molecular weight excluding hydrogens is 324 g/mol. The third kappa shape index (κ3) is 9.12. The van der Waals surface area contributed by atoms with Crippen molar-refractivity contribution in [2.24, 2.45) is 0 Å².